The van der Waals surface area contributed by atoms with E-state index in [-0.39, 0.29) is 35.0 Å². The van der Waals surface area contributed by atoms with Gasteiger partial charge >= 0.3 is 17.1 Å². The van der Waals surface area contributed by atoms with Crippen LogP contribution in [-0.2, 0) is 17.7 Å². The topological polar surface area (TPSA) is 98.5 Å². The van der Waals surface area contributed by atoms with Crippen molar-refractivity contribution in [2.45, 2.75) is 109 Å². The summed E-state index contributed by atoms with van der Waals surface area (Å²) in [6.45, 7) is 20.1. The smallest absolute Gasteiger partial charge is 0.335 e. The van der Waals surface area contributed by atoms with Crippen LogP contribution >= 0.6 is 0 Å². The standard InChI is InChI=1S/C24H41N3O5Si2/c1-13(2)33(14(3)4)29-12-21-20(31-34(32-33,15(5)6)16(7)8)10-19(30-21)18-11-25-23-22(18)26-17(9)27-24(23)28/h11,13-16,19-21,25H,10,12H2,1-9H3,(H,26,27,28)/t19-,20?,21+/m1/s1. The lowest BCUT2D eigenvalue weighted by atomic mass is 10.1. The number of nitrogens with zero attached hydrogens (tertiary/aromatic N) is 1. The van der Waals surface area contributed by atoms with Crippen molar-refractivity contribution in [3.05, 3.63) is 27.9 Å². The number of nitrogens with one attached hydrogen (secondary N) is 2. The first-order valence-corrected chi connectivity index (χ1v) is 16.6. The van der Waals surface area contributed by atoms with Gasteiger partial charge in [0.1, 0.15) is 23.0 Å². The maximum absolute atomic E-state index is 12.4. The van der Waals surface area contributed by atoms with Gasteiger partial charge in [-0.2, -0.15) is 0 Å². The van der Waals surface area contributed by atoms with E-state index in [9.17, 15) is 4.79 Å². The molecule has 4 heterocycles. The van der Waals surface area contributed by atoms with Gasteiger partial charge in [-0.25, -0.2) is 4.98 Å². The molecule has 2 aromatic rings. The van der Waals surface area contributed by atoms with Gasteiger partial charge in [-0.3, -0.25) is 4.79 Å². The third kappa shape index (κ3) is 4.16. The van der Waals surface area contributed by atoms with E-state index in [0.717, 1.165) is 5.56 Å². The number of H-pyrrole nitrogens is 2. The predicted octanol–water partition coefficient (Wildman–Crippen LogP) is 5.35. The van der Waals surface area contributed by atoms with Crippen LogP contribution in [0.1, 0.15) is 79.3 Å². The van der Waals surface area contributed by atoms with E-state index >= 15 is 0 Å². The lowest BCUT2D eigenvalue weighted by Gasteiger charge is -2.51. The molecule has 0 aromatic carbocycles. The summed E-state index contributed by atoms with van der Waals surface area (Å²) in [4.78, 5) is 22.8. The number of aromatic nitrogens is 3. The molecule has 10 heteroatoms. The van der Waals surface area contributed by atoms with Crippen molar-refractivity contribution in [2.75, 3.05) is 6.61 Å². The fraction of sp³-hybridized carbons (Fsp3) is 0.750. The number of rotatable bonds is 5. The molecule has 8 nitrogen and oxygen atoms in total. The molecule has 4 rings (SSSR count). The highest BCUT2D eigenvalue weighted by Crippen LogP contribution is 2.49. The summed E-state index contributed by atoms with van der Waals surface area (Å²) < 4.78 is 27.8. The number of aryl methyl sites for hydroxylation is 1. The second kappa shape index (κ2) is 9.29. The minimum atomic E-state index is -2.67. The highest BCUT2D eigenvalue weighted by Gasteiger charge is 2.60. The maximum Gasteiger partial charge on any atom is 0.335 e. The van der Waals surface area contributed by atoms with Gasteiger partial charge in [-0.15, -0.1) is 0 Å². The second-order valence-electron chi connectivity index (χ2n) is 11.1. The molecule has 2 saturated heterocycles. The minimum absolute atomic E-state index is 0.124. The molecule has 190 valence electrons. The summed E-state index contributed by atoms with van der Waals surface area (Å²) in [6.07, 6.45) is 2.00. The number of aromatic amines is 2. The molecule has 0 aliphatic carbocycles. The largest absolute Gasteiger partial charge is 0.414 e. The van der Waals surface area contributed by atoms with Crippen molar-refractivity contribution >= 4 is 28.2 Å². The first-order chi connectivity index (χ1) is 15.9. The summed E-state index contributed by atoms with van der Waals surface area (Å²) in [6, 6.07) is 0. The molecule has 2 aliphatic heterocycles. The summed E-state index contributed by atoms with van der Waals surface area (Å²) in [7, 11) is -5.27. The Morgan fingerprint density at radius 2 is 1.59 bits per heavy atom. The Bertz CT molecular complexity index is 1060. The van der Waals surface area contributed by atoms with Gasteiger partial charge in [0.05, 0.1) is 18.8 Å². The normalized spacial score (nSPS) is 27.0. The zero-order valence-electron chi connectivity index (χ0n) is 22.0. The van der Waals surface area contributed by atoms with Gasteiger partial charge in [-0.05, 0) is 29.1 Å². The Hall–Kier alpha value is -1.31. The summed E-state index contributed by atoms with van der Waals surface area (Å²) in [5.41, 5.74) is 3.02. The molecular weight excluding hydrogens is 466 g/mol. The van der Waals surface area contributed by atoms with E-state index in [4.69, 9.17) is 17.7 Å². The number of ether oxygens (including phenoxy) is 1. The minimum Gasteiger partial charge on any atom is -0.414 e. The SMILES string of the molecule is Cc1nc2c([C@H]3CC4O[Si](C(C)C)(C(C)C)O[Si](C(C)C)(C(C)C)OC[C@@H]4O3)c[nH]c2c(=O)[nH]1. The average Bonchev–Trinajstić information content (AvgIpc) is 3.31. The Morgan fingerprint density at radius 1 is 0.971 bits per heavy atom. The van der Waals surface area contributed by atoms with Crippen molar-refractivity contribution < 1.29 is 17.7 Å². The van der Waals surface area contributed by atoms with E-state index in [1.165, 1.54) is 0 Å². The lowest BCUT2D eigenvalue weighted by Crippen LogP contribution is -2.65. The third-order valence-electron chi connectivity index (χ3n) is 7.58. The molecule has 2 fully saturated rings. The Balaban J connectivity index is 1.74. The molecular formula is C24H41N3O5Si2. The third-order valence-corrected chi connectivity index (χ3v) is 17.9. The highest BCUT2D eigenvalue weighted by atomic mass is 28.5. The first-order valence-electron chi connectivity index (χ1n) is 12.7. The zero-order chi connectivity index (χ0) is 25.0. The molecule has 0 spiro atoms. The van der Waals surface area contributed by atoms with Crippen LogP contribution < -0.4 is 5.56 Å². The fourth-order valence-corrected chi connectivity index (χ4v) is 17.0. The van der Waals surface area contributed by atoms with Crippen molar-refractivity contribution in [3.8, 4) is 0 Å². The molecule has 3 atom stereocenters. The number of hydrogen-bond acceptors (Lipinski definition) is 6. The molecule has 0 amide bonds. The van der Waals surface area contributed by atoms with Gasteiger partial charge < -0.3 is 27.7 Å². The van der Waals surface area contributed by atoms with Crippen molar-refractivity contribution in [1.82, 2.24) is 15.0 Å². The summed E-state index contributed by atoms with van der Waals surface area (Å²) in [5, 5.41) is 0. The molecule has 2 aliphatic rings. The zero-order valence-corrected chi connectivity index (χ0v) is 24.0. The monoisotopic (exact) mass is 507 g/mol. The Labute approximate surface area is 204 Å². The fourth-order valence-electron chi connectivity index (χ4n) is 5.74. The van der Waals surface area contributed by atoms with Gasteiger partial charge in [0.2, 0.25) is 0 Å². The van der Waals surface area contributed by atoms with Crippen LogP contribution in [0.25, 0.3) is 11.0 Å². The second-order valence-corrected chi connectivity index (χ2v) is 20.0. The van der Waals surface area contributed by atoms with Crippen molar-refractivity contribution in [3.63, 3.8) is 0 Å². The van der Waals surface area contributed by atoms with Crippen LogP contribution in [0, 0.1) is 6.92 Å². The van der Waals surface area contributed by atoms with Crippen molar-refractivity contribution in [1.29, 1.82) is 0 Å². The molecule has 0 radical (unpaired) electrons. The van der Waals surface area contributed by atoms with Crippen LogP contribution in [0.15, 0.2) is 11.0 Å². The molecule has 1 unspecified atom stereocenters. The van der Waals surface area contributed by atoms with E-state index in [1.54, 1.807) is 6.92 Å². The number of fused-ring (bicyclic) bond motifs is 2. The van der Waals surface area contributed by atoms with Gasteiger partial charge in [0, 0.05) is 18.2 Å². The van der Waals surface area contributed by atoms with E-state index in [0.29, 0.717) is 41.0 Å². The van der Waals surface area contributed by atoms with Crippen LogP contribution in [-0.4, -0.2) is 50.9 Å². The molecule has 34 heavy (non-hydrogen) atoms. The van der Waals surface area contributed by atoms with Gasteiger partial charge in [0.25, 0.3) is 5.56 Å². The predicted molar refractivity (Wildman–Crippen MR) is 137 cm³/mol. The Kier molecular flexibility index (Phi) is 7.04. The van der Waals surface area contributed by atoms with Crippen LogP contribution in [0.5, 0.6) is 0 Å². The van der Waals surface area contributed by atoms with Crippen molar-refractivity contribution in [2.24, 2.45) is 0 Å². The Morgan fingerprint density at radius 3 is 2.18 bits per heavy atom. The molecule has 2 N–H and O–H groups in total. The molecule has 0 bridgehead atoms. The van der Waals surface area contributed by atoms with E-state index in [1.807, 2.05) is 6.20 Å². The highest BCUT2D eigenvalue weighted by molar-refractivity contribution is 6.83. The maximum atomic E-state index is 12.4. The molecule has 0 saturated carbocycles. The van der Waals surface area contributed by atoms with Crippen LogP contribution in [0.2, 0.25) is 22.2 Å². The quantitative estimate of drug-likeness (QED) is 0.530. The first kappa shape index (κ1) is 25.8. The summed E-state index contributed by atoms with van der Waals surface area (Å²) >= 11 is 0. The van der Waals surface area contributed by atoms with Crippen LogP contribution in [0.3, 0.4) is 0 Å². The van der Waals surface area contributed by atoms with Crippen LogP contribution in [0.4, 0.5) is 0 Å². The molecule has 2 aromatic heterocycles. The van der Waals surface area contributed by atoms with E-state index in [2.05, 4.69) is 70.3 Å². The van der Waals surface area contributed by atoms with Gasteiger partial charge in [0.15, 0.2) is 0 Å². The van der Waals surface area contributed by atoms with E-state index < -0.39 is 17.1 Å². The lowest BCUT2D eigenvalue weighted by molar-refractivity contribution is -0.0383. The number of hydrogen-bond donors (Lipinski definition) is 2. The average molecular weight is 508 g/mol. The summed E-state index contributed by atoms with van der Waals surface area (Å²) in [5.74, 6) is 0.589. The van der Waals surface area contributed by atoms with Gasteiger partial charge in [-0.1, -0.05) is 55.4 Å².